The van der Waals surface area contributed by atoms with E-state index in [-0.39, 0.29) is 0 Å². The summed E-state index contributed by atoms with van der Waals surface area (Å²) in [6, 6.07) is 4.65. The molecule has 1 aliphatic heterocycles. The number of aromatic nitrogens is 1. The van der Waals surface area contributed by atoms with Crippen LogP contribution in [-0.2, 0) is 0 Å². The summed E-state index contributed by atoms with van der Waals surface area (Å²) in [5.41, 5.74) is 2.40. The molecule has 0 saturated heterocycles. The normalized spacial score (nSPS) is 17.4. The highest BCUT2D eigenvalue weighted by Crippen LogP contribution is 2.14. The monoisotopic (exact) mass is 231 g/mol. The van der Waals surface area contributed by atoms with E-state index in [1.54, 1.807) is 0 Å². The van der Waals surface area contributed by atoms with Crippen LogP contribution in [0.15, 0.2) is 23.3 Å². The summed E-state index contributed by atoms with van der Waals surface area (Å²) in [6.45, 7) is 5.31. The number of pyridine rings is 1. The van der Waals surface area contributed by atoms with Gasteiger partial charge in [-0.2, -0.15) is 0 Å². The van der Waals surface area contributed by atoms with E-state index in [2.05, 4.69) is 41.3 Å². The number of anilines is 1. The lowest BCUT2D eigenvalue weighted by molar-refractivity contribution is 0.738. The first-order valence-electron chi connectivity index (χ1n) is 6.56. The number of nitrogens with zero attached hydrogens (tertiary/aromatic N) is 2. The molecule has 0 aromatic carbocycles. The number of rotatable bonds is 4. The number of nitrogens with one attached hydrogen (secondary N) is 1. The minimum atomic E-state index is 0.473. The molecule has 1 atom stereocenters. The molecule has 17 heavy (non-hydrogen) atoms. The highest BCUT2D eigenvalue weighted by Gasteiger charge is 2.08. The van der Waals surface area contributed by atoms with Gasteiger partial charge in [0.05, 0.1) is 0 Å². The quantitative estimate of drug-likeness (QED) is 0.863. The molecule has 0 fully saturated rings. The van der Waals surface area contributed by atoms with Crippen molar-refractivity contribution in [2.24, 2.45) is 4.99 Å². The maximum Gasteiger partial charge on any atom is 0.126 e. The molecule has 1 aromatic rings. The lowest BCUT2D eigenvalue weighted by Gasteiger charge is -2.14. The second-order valence-electron chi connectivity index (χ2n) is 4.67. The van der Waals surface area contributed by atoms with Crippen LogP contribution >= 0.6 is 0 Å². The predicted octanol–water partition coefficient (Wildman–Crippen LogP) is 3.27. The molecule has 3 heteroatoms. The predicted molar refractivity (Wildman–Crippen MR) is 72.9 cm³/mol. The Morgan fingerprint density at radius 1 is 1.35 bits per heavy atom. The SMILES string of the molecule is CCC(C)Nc1ccc(C2=NCCCC2)cn1. The third kappa shape index (κ3) is 3.29. The fourth-order valence-electron chi connectivity index (χ4n) is 1.94. The Hall–Kier alpha value is -1.38. The average Bonchev–Trinajstić information content (AvgIpc) is 2.40. The molecular weight excluding hydrogens is 210 g/mol. The molecule has 1 aliphatic rings. The summed E-state index contributed by atoms with van der Waals surface area (Å²) in [6.07, 6.45) is 6.63. The van der Waals surface area contributed by atoms with Gasteiger partial charge in [-0.3, -0.25) is 4.99 Å². The number of hydrogen-bond acceptors (Lipinski definition) is 3. The van der Waals surface area contributed by atoms with Crippen LogP contribution in [0.3, 0.4) is 0 Å². The van der Waals surface area contributed by atoms with Crippen molar-refractivity contribution in [3.05, 3.63) is 23.9 Å². The molecule has 0 radical (unpaired) electrons. The molecule has 2 rings (SSSR count). The van der Waals surface area contributed by atoms with Crippen molar-refractivity contribution in [2.45, 2.75) is 45.6 Å². The first-order chi connectivity index (χ1) is 8.29. The maximum absolute atomic E-state index is 4.56. The molecular formula is C14H21N3. The van der Waals surface area contributed by atoms with Crippen LogP contribution in [0.2, 0.25) is 0 Å². The molecule has 92 valence electrons. The van der Waals surface area contributed by atoms with Crippen LogP contribution in [0.25, 0.3) is 0 Å². The lowest BCUT2D eigenvalue weighted by Crippen LogP contribution is -2.15. The van der Waals surface area contributed by atoms with Gasteiger partial charge in [-0.15, -0.1) is 0 Å². The van der Waals surface area contributed by atoms with Gasteiger partial charge in [0.2, 0.25) is 0 Å². The Morgan fingerprint density at radius 3 is 2.82 bits per heavy atom. The summed E-state index contributed by atoms with van der Waals surface area (Å²) < 4.78 is 0. The van der Waals surface area contributed by atoms with E-state index in [1.165, 1.54) is 24.1 Å². The fourth-order valence-corrected chi connectivity index (χ4v) is 1.94. The van der Waals surface area contributed by atoms with Gasteiger partial charge in [-0.1, -0.05) is 6.92 Å². The standard InChI is InChI=1S/C14H21N3/c1-3-11(2)17-14-8-7-12(10-16-14)13-6-4-5-9-15-13/h7-8,10-11H,3-6,9H2,1-2H3,(H,16,17). The van der Waals surface area contributed by atoms with Crippen LogP contribution < -0.4 is 5.32 Å². The van der Waals surface area contributed by atoms with Gasteiger partial charge < -0.3 is 5.32 Å². The van der Waals surface area contributed by atoms with E-state index in [0.717, 1.165) is 25.2 Å². The molecule has 2 heterocycles. The van der Waals surface area contributed by atoms with Crippen LogP contribution in [0, 0.1) is 0 Å². The van der Waals surface area contributed by atoms with Crippen molar-refractivity contribution in [1.82, 2.24) is 4.98 Å². The minimum Gasteiger partial charge on any atom is -0.368 e. The third-order valence-corrected chi connectivity index (χ3v) is 3.23. The van der Waals surface area contributed by atoms with Crippen molar-refractivity contribution in [3.63, 3.8) is 0 Å². The van der Waals surface area contributed by atoms with Crippen molar-refractivity contribution < 1.29 is 0 Å². The molecule has 1 aromatic heterocycles. The van der Waals surface area contributed by atoms with E-state index >= 15 is 0 Å². The Labute approximate surface area is 103 Å². The Morgan fingerprint density at radius 2 is 2.24 bits per heavy atom. The molecule has 3 nitrogen and oxygen atoms in total. The topological polar surface area (TPSA) is 37.3 Å². The molecule has 1 unspecified atom stereocenters. The van der Waals surface area contributed by atoms with Gasteiger partial charge in [0, 0.05) is 30.1 Å². The Bertz CT molecular complexity index is 381. The van der Waals surface area contributed by atoms with E-state index in [9.17, 15) is 0 Å². The zero-order valence-corrected chi connectivity index (χ0v) is 10.7. The van der Waals surface area contributed by atoms with Gasteiger partial charge in [-0.05, 0) is 44.7 Å². The largest absolute Gasteiger partial charge is 0.368 e. The summed E-state index contributed by atoms with van der Waals surface area (Å²) in [5.74, 6) is 0.958. The van der Waals surface area contributed by atoms with Gasteiger partial charge in [0.15, 0.2) is 0 Å². The number of hydrogen-bond donors (Lipinski definition) is 1. The zero-order valence-electron chi connectivity index (χ0n) is 10.7. The van der Waals surface area contributed by atoms with Crippen molar-refractivity contribution >= 4 is 11.5 Å². The number of aliphatic imine (C=N–C) groups is 1. The molecule has 0 spiro atoms. The fraction of sp³-hybridized carbons (Fsp3) is 0.571. The molecule has 0 bridgehead atoms. The third-order valence-electron chi connectivity index (χ3n) is 3.23. The molecule has 1 N–H and O–H groups in total. The molecule has 0 saturated carbocycles. The summed E-state index contributed by atoms with van der Waals surface area (Å²) in [7, 11) is 0. The minimum absolute atomic E-state index is 0.473. The van der Waals surface area contributed by atoms with E-state index in [0.29, 0.717) is 6.04 Å². The van der Waals surface area contributed by atoms with Gasteiger partial charge in [-0.25, -0.2) is 4.98 Å². The Balaban J connectivity index is 2.04. The highest BCUT2D eigenvalue weighted by atomic mass is 15.0. The Kier molecular flexibility index (Phi) is 4.13. The van der Waals surface area contributed by atoms with Crippen LogP contribution in [0.4, 0.5) is 5.82 Å². The zero-order chi connectivity index (χ0) is 12.1. The first-order valence-corrected chi connectivity index (χ1v) is 6.56. The second-order valence-corrected chi connectivity index (χ2v) is 4.67. The first kappa shape index (κ1) is 12.1. The van der Waals surface area contributed by atoms with Gasteiger partial charge >= 0.3 is 0 Å². The molecule has 0 amide bonds. The summed E-state index contributed by atoms with van der Waals surface area (Å²) in [5, 5.41) is 3.37. The summed E-state index contributed by atoms with van der Waals surface area (Å²) >= 11 is 0. The van der Waals surface area contributed by atoms with Crippen LogP contribution in [-0.4, -0.2) is 23.3 Å². The molecule has 0 aliphatic carbocycles. The van der Waals surface area contributed by atoms with E-state index in [4.69, 9.17) is 0 Å². The van der Waals surface area contributed by atoms with Crippen molar-refractivity contribution in [3.8, 4) is 0 Å². The lowest BCUT2D eigenvalue weighted by atomic mass is 10.0. The average molecular weight is 231 g/mol. The van der Waals surface area contributed by atoms with Crippen molar-refractivity contribution in [2.75, 3.05) is 11.9 Å². The van der Waals surface area contributed by atoms with E-state index in [1.807, 2.05) is 6.20 Å². The second kappa shape index (κ2) is 5.80. The van der Waals surface area contributed by atoms with E-state index < -0.39 is 0 Å². The highest BCUT2D eigenvalue weighted by molar-refractivity contribution is 6.00. The van der Waals surface area contributed by atoms with Crippen LogP contribution in [0.5, 0.6) is 0 Å². The summed E-state index contributed by atoms with van der Waals surface area (Å²) in [4.78, 5) is 9.01. The van der Waals surface area contributed by atoms with Gasteiger partial charge in [0.1, 0.15) is 5.82 Å². The maximum atomic E-state index is 4.56. The smallest absolute Gasteiger partial charge is 0.126 e. The van der Waals surface area contributed by atoms with Crippen LogP contribution in [0.1, 0.15) is 45.1 Å². The van der Waals surface area contributed by atoms with Crippen molar-refractivity contribution in [1.29, 1.82) is 0 Å². The van der Waals surface area contributed by atoms with Gasteiger partial charge in [0.25, 0.3) is 0 Å².